The number of carbonyl (C=O) groups excluding carboxylic acids is 3. The van der Waals surface area contributed by atoms with Crippen molar-refractivity contribution in [3.8, 4) is 5.88 Å². The number of alkyl halides is 1. The molecule has 0 radical (unpaired) electrons. The van der Waals surface area contributed by atoms with E-state index in [1.165, 1.54) is 17.8 Å². The second kappa shape index (κ2) is 13.0. The maximum atomic E-state index is 16.0. The van der Waals surface area contributed by atoms with Gasteiger partial charge in [-0.2, -0.15) is 9.97 Å². The summed E-state index contributed by atoms with van der Waals surface area (Å²) >= 11 is 0.695. The Morgan fingerprint density at radius 3 is 2.74 bits per heavy atom. The predicted octanol–water partition coefficient (Wildman–Crippen LogP) is 1.24. The van der Waals surface area contributed by atoms with Crippen LogP contribution in [-0.2, 0) is 32.9 Å². The van der Waals surface area contributed by atoms with Gasteiger partial charge in [-0.15, -0.1) is 0 Å². The van der Waals surface area contributed by atoms with Crippen LogP contribution in [0.25, 0.3) is 11.2 Å². The third-order valence-electron chi connectivity index (χ3n) is 6.63. The van der Waals surface area contributed by atoms with Gasteiger partial charge in [0.2, 0.25) is 23.6 Å². The minimum absolute atomic E-state index is 0.0877. The molecule has 2 saturated heterocycles. The van der Waals surface area contributed by atoms with Crippen LogP contribution < -0.4 is 20.9 Å². The Morgan fingerprint density at radius 1 is 1.40 bits per heavy atom. The molecule has 4 rings (SSSR count). The van der Waals surface area contributed by atoms with Crippen LogP contribution in [0.2, 0.25) is 0 Å². The monoisotopic (exact) mass is 647 g/mol. The molecule has 2 aromatic rings. The number of nitrogen functional groups attached to an aromatic ring is 1. The lowest BCUT2D eigenvalue weighted by molar-refractivity contribution is -0.149. The topological polar surface area (TPSA) is 219 Å². The highest BCUT2D eigenvalue weighted by atomic mass is 32.7. The minimum atomic E-state index is -4.04. The van der Waals surface area contributed by atoms with Gasteiger partial charge in [-0.3, -0.25) is 28.8 Å². The fourth-order valence-electron chi connectivity index (χ4n) is 4.50. The normalized spacial score (nSPS) is 27.8. The van der Waals surface area contributed by atoms with E-state index in [4.69, 9.17) is 24.5 Å². The Balaban J connectivity index is 1.53. The number of rotatable bonds is 13. The van der Waals surface area contributed by atoms with Gasteiger partial charge in [0.25, 0.3) is 0 Å². The molecular weight excluding hydrogens is 612 g/mol. The highest BCUT2D eigenvalue weighted by molar-refractivity contribution is 8.56. The van der Waals surface area contributed by atoms with E-state index < -0.39 is 73.3 Å². The largest absolute Gasteiger partial charge is 0.476 e. The third kappa shape index (κ3) is 7.26. The van der Waals surface area contributed by atoms with Gasteiger partial charge in [-0.25, -0.2) is 14.5 Å². The van der Waals surface area contributed by atoms with Gasteiger partial charge in [0.15, 0.2) is 23.1 Å². The van der Waals surface area contributed by atoms with Crippen molar-refractivity contribution >= 4 is 53.0 Å². The number of nitrogens with one attached hydrogen (secondary N) is 2. The standard InChI is InChI=1S/C24H35FN7O9PS/c1-6-38-20-16-18(29-23(26)30-20)32(10-27-16)22-24(5,25)17(34)14(41-22)8-39-42(37,31-12(4)21(36)40-11(2)3)43-9-13-7-15(33)28-19(13)35/h10-14,17,22,34H,6-9H2,1-5H3,(H,31,37)(H2,26,29,30)(H,28,33,35)/t12-,13?,14-,17-,22-,24-,42-/m1/s1. The van der Waals surface area contributed by atoms with E-state index in [2.05, 4.69) is 25.4 Å². The molecule has 7 atom stereocenters. The number of nitrogens with zero attached hydrogens (tertiary/aromatic N) is 4. The molecule has 4 heterocycles. The Labute approximate surface area is 250 Å². The Kier molecular flexibility index (Phi) is 9.98. The van der Waals surface area contributed by atoms with Crippen molar-refractivity contribution in [2.75, 3.05) is 24.7 Å². The first-order valence-corrected chi connectivity index (χ1v) is 16.7. The van der Waals surface area contributed by atoms with Crippen molar-refractivity contribution in [3.63, 3.8) is 0 Å². The van der Waals surface area contributed by atoms with E-state index in [0.717, 1.165) is 6.92 Å². The number of imidazole rings is 1. The summed E-state index contributed by atoms with van der Waals surface area (Å²) in [6, 6.07) is -1.10. The summed E-state index contributed by atoms with van der Waals surface area (Å²) in [6.07, 6.45) is -3.85. The third-order valence-corrected chi connectivity index (χ3v) is 10.8. The maximum Gasteiger partial charge on any atom is 0.327 e. The van der Waals surface area contributed by atoms with Crippen LogP contribution in [0.5, 0.6) is 5.88 Å². The van der Waals surface area contributed by atoms with E-state index in [0.29, 0.717) is 11.4 Å². The van der Waals surface area contributed by atoms with E-state index in [-0.39, 0.29) is 41.8 Å². The summed E-state index contributed by atoms with van der Waals surface area (Å²) in [7, 11) is 0. The number of nitrogens with two attached hydrogens (primary N) is 1. The number of hydrogen-bond acceptors (Lipinski definition) is 14. The first-order valence-electron chi connectivity index (χ1n) is 13.5. The summed E-state index contributed by atoms with van der Waals surface area (Å²) in [6.45, 7) is 3.21. The molecule has 2 aliphatic rings. The zero-order valence-corrected chi connectivity index (χ0v) is 25.9. The second-order valence-corrected chi connectivity index (χ2v) is 14.8. The SMILES string of the molecule is CCOc1nc(N)nc2c1ncn2[C@@H]1O[C@H](CO[P@](=O)(N[C@H](C)C(=O)OC(C)C)SCC2CC(=O)NC2=O)[C@@H](O)[C@@]1(C)F. The Hall–Kier alpha value is -2.89. The molecule has 5 N–H and O–H groups in total. The molecule has 0 bridgehead atoms. The van der Waals surface area contributed by atoms with E-state index in [9.17, 15) is 24.1 Å². The molecule has 0 spiro atoms. The summed E-state index contributed by atoms with van der Waals surface area (Å²) in [5, 5.41) is 15.7. The lowest BCUT2D eigenvalue weighted by atomic mass is 9.98. The molecule has 2 amide bonds. The second-order valence-electron chi connectivity index (χ2n) is 10.5. The summed E-state index contributed by atoms with van der Waals surface area (Å²) in [5.41, 5.74) is 3.71. The first kappa shape index (κ1) is 33.0. The number of esters is 1. The number of anilines is 1. The number of imide groups is 1. The van der Waals surface area contributed by atoms with E-state index in [1.807, 2.05) is 0 Å². The lowest BCUT2D eigenvalue weighted by Crippen LogP contribution is -2.41. The molecule has 238 valence electrons. The number of carbonyl (C=O) groups is 3. The molecule has 43 heavy (non-hydrogen) atoms. The maximum absolute atomic E-state index is 16.0. The van der Waals surface area contributed by atoms with Crippen LogP contribution in [0.15, 0.2) is 6.33 Å². The molecule has 0 saturated carbocycles. The number of aliphatic hydroxyl groups is 1. The van der Waals surface area contributed by atoms with Gasteiger partial charge in [-0.1, -0.05) is 11.4 Å². The first-order chi connectivity index (χ1) is 20.1. The number of hydrogen-bond donors (Lipinski definition) is 4. The number of ether oxygens (including phenoxy) is 3. The van der Waals surface area contributed by atoms with Gasteiger partial charge < -0.3 is 29.6 Å². The molecule has 2 fully saturated rings. The molecule has 16 nitrogen and oxygen atoms in total. The number of aliphatic hydroxyl groups excluding tert-OH is 1. The zero-order chi connectivity index (χ0) is 31.7. The average Bonchev–Trinajstić information content (AvgIpc) is 3.54. The number of amides is 2. The lowest BCUT2D eigenvalue weighted by Gasteiger charge is -2.25. The smallest absolute Gasteiger partial charge is 0.327 e. The molecule has 19 heteroatoms. The van der Waals surface area contributed by atoms with E-state index in [1.54, 1.807) is 20.8 Å². The summed E-state index contributed by atoms with van der Waals surface area (Å²) < 4.78 is 53.4. The van der Waals surface area contributed by atoms with Gasteiger partial charge in [0, 0.05) is 12.2 Å². The predicted molar refractivity (Wildman–Crippen MR) is 151 cm³/mol. The number of halogens is 1. The molecule has 0 aromatic carbocycles. The van der Waals surface area contributed by atoms with Crippen molar-refractivity contribution in [3.05, 3.63) is 6.33 Å². The molecular formula is C24H35FN7O9PS. The quantitative estimate of drug-likeness (QED) is 0.137. The molecule has 0 aliphatic carbocycles. The van der Waals surface area contributed by atoms with Gasteiger partial charge >= 0.3 is 12.7 Å². The van der Waals surface area contributed by atoms with Gasteiger partial charge in [-0.05, 0) is 34.6 Å². The van der Waals surface area contributed by atoms with Crippen molar-refractivity contribution in [2.24, 2.45) is 5.92 Å². The zero-order valence-electron chi connectivity index (χ0n) is 24.2. The average molecular weight is 648 g/mol. The molecule has 2 aromatic heterocycles. The van der Waals surface area contributed by atoms with Crippen molar-refractivity contribution in [2.45, 2.75) is 77.3 Å². The van der Waals surface area contributed by atoms with Crippen molar-refractivity contribution in [1.82, 2.24) is 29.9 Å². The van der Waals surface area contributed by atoms with E-state index >= 15 is 4.39 Å². The van der Waals surface area contributed by atoms with Crippen LogP contribution >= 0.6 is 18.1 Å². The van der Waals surface area contributed by atoms with Crippen molar-refractivity contribution < 1.29 is 47.2 Å². The molecule has 2 aliphatic heterocycles. The highest BCUT2D eigenvalue weighted by Crippen LogP contribution is 2.58. The van der Waals surface area contributed by atoms with Crippen molar-refractivity contribution in [1.29, 1.82) is 0 Å². The Bertz CT molecular complexity index is 1430. The number of aromatic nitrogens is 4. The van der Waals surface area contributed by atoms with Crippen LogP contribution in [0.4, 0.5) is 10.3 Å². The van der Waals surface area contributed by atoms with Gasteiger partial charge in [0.05, 0.1) is 31.6 Å². The fraction of sp³-hybridized carbons (Fsp3) is 0.667. The van der Waals surface area contributed by atoms with Crippen LogP contribution in [0.3, 0.4) is 0 Å². The highest BCUT2D eigenvalue weighted by Gasteiger charge is 2.56. The van der Waals surface area contributed by atoms with Gasteiger partial charge in [0.1, 0.15) is 18.2 Å². The van der Waals surface area contributed by atoms with Crippen LogP contribution in [0.1, 0.15) is 47.3 Å². The van der Waals surface area contributed by atoms with Crippen LogP contribution in [-0.4, -0.2) is 91.4 Å². The summed E-state index contributed by atoms with van der Waals surface area (Å²) in [4.78, 5) is 48.4. The molecule has 1 unspecified atom stereocenters. The number of fused-ring (bicyclic) bond motifs is 1. The Morgan fingerprint density at radius 2 is 2.12 bits per heavy atom. The summed E-state index contributed by atoms with van der Waals surface area (Å²) in [5.74, 6) is -2.61. The van der Waals surface area contributed by atoms with Crippen LogP contribution in [0, 0.1) is 5.92 Å². The fourth-order valence-corrected chi connectivity index (χ4v) is 8.53. The minimum Gasteiger partial charge on any atom is -0.476 e.